The summed E-state index contributed by atoms with van der Waals surface area (Å²) in [6, 6.07) is 13.3. The lowest BCUT2D eigenvalue weighted by Crippen LogP contribution is -2.42. The van der Waals surface area contributed by atoms with Gasteiger partial charge in [0.1, 0.15) is 0 Å². The van der Waals surface area contributed by atoms with Crippen molar-refractivity contribution in [1.29, 1.82) is 0 Å². The van der Waals surface area contributed by atoms with E-state index in [4.69, 9.17) is 28.0 Å². The van der Waals surface area contributed by atoms with Crippen LogP contribution in [-0.2, 0) is 21.8 Å². The van der Waals surface area contributed by atoms with E-state index in [-0.39, 0.29) is 45.8 Å². The lowest BCUT2D eigenvalue weighted by atomic mass is 9.86. The monoisotopic (exact) mass is 563 g/mol. The summed E-state index contributed by atoms with van der Waals surface area (Å²) in [5, 5.41) is 3.83. The van der Waals surface area contributed by atoms with Gasteiger partial charge in [0.05, 0.1) is 18.0 Å². The summed E-state index contributed by atoms with van der Waals surface area (Å²) in [5.74, 6) is -0.915. The number of halogens is 5. The lowest BCUT2D eigenvalue weighted by molar-refractivity contribution is -0.275. The van der Waals surface area contributed by atoms with Gasteiger partial charge in [-0.05, 0) is 60.5 Å². The topological polar surface area (TPSA) is 71.9 Å². The van der Waals surface area contributed by atoms with Crippen molar-refractivity contribution in [2.24, 2.45) is 5.16 Å². The van der Waals surface area contributed by atoms with E-state index in [2.05, 4.69) is 10.1 Å². The second-order valence-corrected chi connectivity index (χ2v) is 9.65. The minimum atomic E-state index is -4.83. The summed E-state index contributed by atoms with van der Waals surface area (Å²) >= 11 is 11.9. The molecule has 0 bridgehead atoms. The first-order valence-corrected chi connectivity index (χ1v) is 12.3. The Hall–Kier alpha value is -3.43. The number of imide groups is 1. The molecule has 1 unspecified atom stereocenters. The number of oxime groups is 1. The summed E-state index contributed by atoms with van der Waals surface area (Å²) < 4.78 is 42.9. The van der Waals surface area contributed by atoms with Gasteiger partial charge in [0.15, 0.2) is 0 Å². The predicted octanol–water partition coefficient (Wildman–Crippen LogP) is 6.86. The molecule has 2 aromatic carbocycles. The van der Waals surface area contributed by atoms with E-state index in [1.807, 2.05) is 0 Å². The van der Waals surface area contributed by atoms with Gasteiger partial charge in [-0.2, -0.15) is 13.2 Å². The van der Waals surface area contributed by atoms with Crippen LogP contribution in [0.2, 0.25) is 10.0 Å². The van der Waals surface area contributed by atoms with Gasteiger partial charge in [-0.1, -0.05) is 47.4 Å². The predicted molar refractivity (Wildman–Crippen MR) is 137 cm³/mol. The number of pyridine rings is 1. The fourth-order valence-electron chi connectivity index (χ4n) is 4.19. The molecule has 1 aliphatic heterocycles. The molecule has 0 saturated carbocycles. The quantitative estimate of drug-likeness (QED) is 0.328. The second-order valence-electron chi connectivity index (χ2n) is 8.78. The van der Waals surface area contributed by atoms with Gasteiger partial charge in [-0.3, -0.25) is 19.5 Å². The average Bonchev–Trinajstić information content (AvgIpc) is 3.34. The average molecular weight is 564 g/mol. The Bertz CT molecular complexity index is 1390. The summed E-state index contributed by atoms with van der Waals surface area (Å²) in [4.78, 5) is 36.3. The van der Waals surface area contributed by atoms with Crippen molar-refractivity contribution in [3.8, 4) is 0 Å². The van der Waals surface area contributed by atoms with Crippen LogP contribution in [0.1, 0.15) is 52.5 Å². The first kappa shape index (κ1) is 27.6. The van der Waals surface area contributed by atoms with Gasteiger partial charge in [-0.25, -0.2) is 0 Å². The van der Waals surface area contributed by atoms with E-state index in [1.165, 1.54) is 18.2 Å². The van der Waals surface area contributed by atoms with E-state index in [0.717, 1.165) is 17.0 Å². The first-order chi connectivity index (χ1) is 17.9. The summed E-state index contributed by atoms with van der Waals surface area (Å²) in [6.45, 7) is 3.27. The van der Waals surface area contributed by atoms with Crippen LogP contribution in [0.4, 0.5) is 13.2 Å². The van der Waals surface area contributed by atoms with Crippen LogP contribution in [0.3, 0.4) is 0 Å². The molecule has 2 amide bonds. The normalized spacial score (nSPS) is 17.1. The number of carbonyl (C=O) groups excluding carboxylic acids is 2. The van der Waals surface area contributed by atoms with Crippen LogP contribution in [0.15, 0.2) is 65.9 Å². The van der Waals surface area contributed by atoms with Gasteiger partial charge in [0.25, 0.3) is 11.5 Å². The van der Waals surface area contributed by atoms with E-state index in [9.17, 15) is 22.8 Å². The van der Waals surface area contributed by atoms with E-state index in [1.54, 1.807) is 44.3 Å². The summed E-state index contributed by atoms with van der Waals surface area (Å²) in [6.07, 6.45) is -3.78. The minimum absolute atomic E-state index is 0.00954. The molecule has 1 atom stereocenters. The molecule has 38 heavy (non-hydrogen) atoms. The van der Waals surface area contributed by atoms with Gasteiger partial charge in [-0.15, -0.1) is 0 Å². The molecule has 1 aliphatic rings. The third-order valence-corrected chi connectivity index (χ3v) is 6.64. The highest BCUT2D eigenvalue weighted by molar-refractivity contribution is 6.34. The maximum Gasteiger partial charge on any atom is 0.435 e. The number of carbonyl (C=O) groups is 2. The number of hydrogen-bond donors (Lipinski definition) is 0. The Balaban J connectivity index is 1.63. The fraction of sp³-hybridized carbons (Fsp3) is 0.259. The van der Waals surface area contributed by atoms with Crippen molar-refractivity contribution in [3.05, 3.63) is 98.8 Å². The molecule has 2 heterocycles. The first-order valence-electron chi connectivity index (χ1n) is 11.6. The van der Waals surface area contributed by atoms with Crippen LogP contribution in [0.5, 0.6) is 0 Å². The van der Waals surface area contributed by atoms with Crippen LogP contribution in [0.25, 0.3) is 0 Å². The third-order valence-electron chi connectivity index (χ3n) is 6.20. The third kappa shape index (κ3) is 5.39. The molecular formula is C27H22Cl2F3N3O3. The molecule has 1 aromatic heterocycles. The molecule has 0 saturated heterocycles. The molecule has 4 rings (SSSR count). The van der Waals surface area contributed by atoms with Crippen molar-refractivity contribution in [1.82, 2.24) is 9.88 Å². The van der Waals surface area contributed by atoms with Crippen LogP contribution >= 0.6 is 23.2 Å². The molecule has 0 N–H and O–H groups in total. The van der Waals surface area contributed by atoms with E-state index >= 15 is 0 Å². The Morgan fingerprint density at radius 3 is 2.37 bits per heavy atom. The standard InChI is InChI=1S/C27H22Cl2F3N3O3/c1-3-24(36)35(15-21-6-4-5-9-33-21)25(37)22-8-7-17(10-16(22)2)23-14-26(38-34-23,27(30,31)32)18-11-19(28)13-20(29)12-18/h4-13H,3,14-15H2,1-2H3. The molecule has 0 fully saturated rings. The van der Waals surface area contributed by atoms with Gasteiger partial charge < -0.3 is 4.84 Å². The van der Waals surface area contributed by atoms with Crippen molar-refractivity contribution in [2.75, 3.05) is 0 Å². The maximum absolute atomic E-state index is 14.3. The van der Waals surface area contributed by atoms with Crippen molar-refractivity contribution >= 4 is 40.7 Å². The summed E-state index contributed by atoms with van der Waals surface area (Å²) in [7, 11) is 0. The molecule has 0 spiro atoms. The molecule has 11 heteroatoms. The second kappa shape index (κ2) is 10.7. The minimum Gasteiger partial charge on any atom is -0.374 e. The van der Waals surface area contributed by atoms with Gasteiger partial charge in [0.2, 0.25) is 5.91 Å². The highest BCUT2D eigenvalue weighted by Gasteiger charge is 2.62. The molecule has 0 radical (unpaired) electrons. The Morgan fingerprint density at radius 1 is 1.08 bits per heavy atom. The maximum atomic E-state index is 14.3. The Kier molecular flexibility index (Phi) is 7.80. The lowest BCUT2D eigenvalue weighted by Gasteiger charge is -2.29. The van der Waals surface area contributed by atoms with Gasteiger partial charge >= 0.3 is 6.18 Å². The zero-order valence-corrected chi connectivity index (χ0v) is 21.9. The highest BCUT2D eigenvalue weighted by atomic mass is 35.5. The van der Waals surface area contributed by atoms with Gasteiger partial charge in [0, 0.05) is 40.2 Å². The summed E-state index contributed by atoms with van der Waals surface area (Å²) in [5.41, 5.74) is -1.43. The highest BCUT2D eigenvalue weighted by Crippen LogP contribution is 2.49. The van der Waals surface area contributed by atoms with Crippen molar-refractivity contribution < 1.29 is 27.6 Å². The van der Waals surface area contributed by atoms with E-state index < -0.39 is 24.1 Å². The Labute approximate surface area is 227 Å². The number of alkyl halides is 3. The Morgan fingerprint density at radius 2 is 1.79 bits per heavy atom. The SMILES string of the molecule is CCC(=O)N(Cc1ccccn1)C(=O)c1ccc(C2=NOC(c3cc(Cl)cc(Cl)c3)(C(F)(F)F)C2)cc1C. The van der Waals surface area contributed by atoms with Crippen LogP contribution in [0, 0.1) is 6.92 Å². The number of rotatable bonds is 6. The van der Waals surface area contributed by atoms with Crippen LogP contribution < -0.4 is 0 Å². The largest absolute Gasteiger partial charge is 0.435 e. The zero-order valence-electron chi connectivity index (χ0n) is 20.4. The van der Waals surface area contributed by atoms with Crippen molar-refractivity contribution in [3.63, 3.8) is 0 Å². The number of aromatic nitrogens is 1. The fourth-order valence-corrected chi connectivity index (χ4v) is 4.72. The molecule has 3 aromatic rings. The number of nitrogens with zero attached hydrogens (tertiary/aromatic N) is 3. The number of aryl methyl sites for hydroxylation is 1. The molecule has 0 aliphatic carbocycles. The zero-order chi connectivity index (χ0) is 27.7. The number of benzene rings is 2. The molecular weight excluding hydrogens is 542 g/mol. The number of amides is 2. The van der Waals surface area contributed by atoms with Crippen molar-refractivity contribution in [2.45, 2.75) is 45.0 Å². The number of hydrogen-bond acceptors (Lipinski definition) is 5. The van der Waals surface area contributed by atoms with E-state index in [0.29, 0.717) is 16.8 Å². The molecule has 198 valence electrons. The molecule has 6 nitrogen and oxygen atoms in total. The smallest absolute Gasteiger partial charge is 0.374 e. The van der Waals surface area contributed by atoms with Crippen LogP contribution in [-0.4, -0.2) is 33.6 Å².